The van der Waals surface area contributed by atoms with Crippen molar-refractivity contribution >= 4 is 15.9 Å². The van der Waals surface area contributed by atoms with Crippen LogP contribution in [-0.2, 0) is 0 Å². The van der Waals surface area contributed by atoms with Crippen molar-refractivity contribution in [3.63, 3.8) is 0 Å². The van der Waals surface area contributed by atoms with Crippen LogP contribution in [0.3, 0.4) is 0 Å². The Kier molecular flexibility index (Phi) is 3.93. The fourth-order valence-electron chi connectivity index (χ4n) is 1.37. The predicted molar refractivity (Wildman–Crippen MR) is 69.0 cm³/mol. The molecule has 0 fully saturated rings. The molecule has 1 N–H and O–H groups in total. The van der Waals surface area contributed by atoms with E-state index in [9.17, 15) is 9.50 Å². The summed E-state index contributed by atoms with van der Waals surface area (Å²) in [5, 5.41) is 9.34. The van der Waals surface area contributed by atoms with Crippen molar-refractivity contribution in [3.8, 4) is 11.6 Å². The molecule has 0 spiro atoms. The molecule has 0 aliphatic carbocycles. The van der Waals surface area contributed by atoms with Gasteiger partial charge in [0.1, 0.15) is 0 Å². The molecule has 1 aromatic heterocycles. The molecule has 1 heterocycles. The molecule has 18 heavy (non-hydrogen) atoms. The average molecular weight is 312 g/mol. The van der Waals surface area contributed by atoms with Gasteiger partial charge in [0.25, 0.3) is 0 Å². The van der Waals surface area contributed by atoms with E-state index in [-0.39, 0.29) is 11.6 Å². The van der Waals surface area contributed by atoms with Gasteiger partial charge in [0.15, 0.2) is 11.6 Å². The van der Waals surface area contributed by atoms with Gasteiger partial charge >= 0.3 is 0 Å². The molecule has 1 atom stereocenters. The molecule has 1 aromatic carbocycles. The van der Waals surface area contributed by atoms with Crippen LogP contribution >= 0.6 is 15.9 Å². The lowest BCUT2D eigenvalue weighted by molar-refractivity contribution is 0.198. The lowest BCUT2D eigenvalue weighted by atomic mass is 10.2. The molecule has 0 aliphatic heterocycles. The van der Waals surface area contributed by atoms with Gasteiger partial charge in [0, 0.05) is 16.7 Å². The van der Waals surface area contributed by atoms with Crippen molar-refractivity contribution in [2.45, 2.75) is 13.0 Å². The van der Waals surface area contributed by atoms with Crippen molar-refractivity contribution in [3.05, 3.63) is 52.4 Å². The van der Waals surface area contributed by atoms with E-state index in [4.69, 9.17) is 4.74 Å². The van der Waals surface area contributed by atoms with Crippen LogP contribution in [0.2, 0.25) is 0 Å². The molecule has 0 bridgehead atoms. The Morgan fingerprint density at radius 2 is 2.11 bits per heavy atom. The molecular weight excluding hydrogens is 301 g/mol. The topological polar surface area (TPSA) is 42.4 Å². The normalized spacial score (nSPS) is 12.2. The highest BCUT2D eigenvalue weighted by Gasteiger charge is 2.07. The van der Waals surface area contributed by atoms with Gasteiger partial charge in [-0.1, -0.05) is 15.9 Å². The summed E-state index contributed by atoms with van der Waals surface area (Å²) in [4.78, 5) is 4.00. The Bertz CT molecular complexity index is 543. The third-order valence-corrected chi connectivity index (χ3v) is 2.84. The smallest absolute Gasteiger partial charge is 0.219 e. The summed E-state index contributed by atoms with van der Waals surface area (Å²) in [6.45, 7) is 1.64. The highest BCUT2D eigenvalue weighted by Crippen LogP contribution is 2.26. The van der Waals surface area contributed by atoms with Crippen LogP contribution in [0, 0.1) is 5.82 Å². The number of pyridine rings is 1. The van der Waals surface area contributed by atoms with Crippen LogP contribution in [0.1, 0.15) is 18.6 Å². The minimum atomic E-state index is -0.589. The number of hydrogen-bond acceptors (Lipinski definition) is 3. The number of halogens is 2. The summed E-state index contributed by atoms with van der Waals surface area (Å²) in [5.41, 5.74) is 0.678. The fraction of sp³-hybridized carbons (Fsp3) is 0.154. The summed E-state index contributed by atoms with van der Waals surface area (Å²) >= 11 is 3.24. The molecule has 0 saturated heterocycles. The van der Waals surface area contributed by atoms with Gasteiger partial charge in [-0.3, -0.25) is 0 Å². The summed E-state index contributed by atoms with van der Waals surface area (Å²) in [5.74, 6) is -0.0855. The van der Waals surface area contributed by atoms with E-state index in [1.165, 1.54) is 18.3 Å². The lowest BCUT2D eigenvalue weighted by Crippen LogP contribution is -1.94. The van der Waals surface area contributed by atoms with Crippen LogP contribution in [0.15, 0.2) is 41.0 Å². The second-order valence-electron chi connectivity index (χ2n) is 3.78. The number of ether oxygens (including phenoxy) is 1. The van der Waals surface area contributed by atoms with Gasteiger partial charge in [-0.2, -0.15) is 0 Å². The van der Waals surface area contributed by atoms with Gasteiger partial charge in [0.05, 0.1) is 6.10 Å². The number of aromatic nitrogens is 1. The summed E-state index contributed by atoms with van der Waals surface area (Å²) < 4.78 is 19.5. The van der Waals surface area contributed by atoms with E-state index >= 15 is 0 Å². The van der Waals surface area contributed by atoms with E-state index in [1.807, 2.05) is 0 Å². The van der Waals surface area contributed by atoms with E-state index in [1.54, 1.807) is 25.1 Å². The van der Waals surface area contributed by atoms with Crippen LogP contribution in [0.25, 0.3) is 0 Å². The van der Waals surface area contributed by atoms with Crippen molar-refractivity contribution in [1.29, 1.82) is 0 Å². The highest BCUT2D eigenvalue weighted by molar-refractivity contribution is 9.10. The number of aliphatic hydroxyl groups excluding tert-OH is 1. The summed E-state index contributed by atoms with van der Waals surface area (Å²) in [6.07, 6.45) is 0.907. The third-order valence-electron chi connectivity index (χ3n) is 2.35. The standard InChI is InChI=1S/C13H11BrFNO2/c1-8(17)9-2-5-13(16-7-9)18-12-6-10(14)3-4-11(12)15/h2-8,17H,1H3/t8-/m1/s1. The van der Waals surface area contributed by atoms with Crippen LogP contribution < -0.4 is 4.74 Å². The summed E-state index contributed by atoms with van der Waals surface area (Å²) in [6, 6.07) is 7.70. The zero-order valence-corrected chi connectivity index (χ0v) is 11.2. The van der Waals surface area contributed by atoms with Crippen molar-refractivity contribution in [2.24, 2.45) is 0 Å². The van der Waals surface area contributed by atoms with Crippen molar-refractivity contribution < 1.29 is 14.2 Å². The molecule has 94 valence electrons. The molecular formula is C13H11BrFNO2. The van der Waals surface area contributed by atoms with E-state index in [2.05, 4.69) is 20.9 Å². The molecule has 0 unspecified atom stereocenters. The molecule has 2 aromatic rings. The van der Waals surface area contributed by atoms with Gasteiger partial charge in [-0.05, 0) is 36.8 Å². The molecule has 3 nitrogen and oxygen atoms in total. The Labute approximate surface area is 112 Å². The first kappa shape index (κ1) is 13.0. The Morgan fingerprint density at radius 1 is 1.33 bits per heavy atom. The predicted octanol–water partition coefficient (Wildman–Crippen LogP) is 3.83. The monoisotopic (exact) mass is 311 g/mol. The SMILES string of the molecule is C[C@@H](O)c1ccc(Oc2cc(Br)ccc2F)nc1. The number of aliphatic hydroxyl groups is 1. The van der Waals surface area contributed by atoms with E-state index < -0.39 is 11.9 Å². The molecule has 5 heteroatoms. The zero-order chi connectivity index (χ0) is 13.1. The second-order valence-corrected chi connectivity index (χ2v) is 4.70. The third kappa shape index (κ3) is 3.05. The van der Waals surface area contributed by atoms with Crippen LogP contribution in [-0.4, -0.2) is 10.1 Å². The zero-order valence-electron chi connectivity index (χ0n) is 9.60. The number of rotatable bonds is 3. The first-order valence-corrected chi connectivity index (χ1v) is 6.12. The minimum Gasteiger partial charge on any atom is -0.436 e. The lowest BCUT2D eigenvalue weighted by Gasteiger charge is -2.08. The van der Waals surface area contributed by atoms with E-state index in [0.29, 0.717) is 5.56 Å². The van der Waals surface area contributed by atoms with Gasteiger partial charge in [0.2, 0.25) is 5.88 Å². The first-order chi connectivity index (χ1) is 8.56. The number of benzene rings is 1. The number of nitrogens with zero attached hydrogens (tertiary/aromatic N) is 1. The number of hydrogen-bond donors (Lipinski definition) is 1. The molecule has 0 amide bonds. The van der Waals surface area contributed by atoms with Crippen LogP contribution in [0.5, 0.6) is 11.6 Å². The average Bonchev–Trinajstić information content (AvgIpc) is 2.34. The summed E-state index contributed by atoms with van der Waals surface area (Å²) in [7, 11) is 0. The van der Waals surface area contributed by atoms with Gasteiger partial charge in [-0.15, -0.1) is 0 Å². The fourth-order valence-corrected chi connectivity index (χ4v) is 1.71. The maximum atomic E-state index is 13.4. The molecule has 0 saturated carbocycles. The Hall–Kier alpha value is -1.46. The minimum absolute atomic E-state index is 0.0988. The van der Waals surface area contributed by atoms with Gasteiger partial charge < -0.3 is 9.84 Å². The molecule has 0 radical (unpaired) electrons. The first-order valence-electron chi connectivity index (χ1n) is 5.33. The second kappa shape index (κ2) is 5.46. The molecule has 0 aliphatic rings. The maximum absolute atomic E-state index is 13.4. The Morgan fingerprint density at radius 3 is 2.72 bits per heavy atom. The van der Waals surface area contributed by atoms with Gasteiger partial charge in [-0.25, -0.2) is 9.37 Å². The van der Waals surface area contributed by atoms with Crippen molar-refractivity contribution in [2.75, 3.05) is 0 Å². The van der Waals surface area contributed by atoms with Crippen LogP contribution in [0.4, 0.5) is 4.39 Å². The Balaban J connectivity index is 2.21. The quantitative estimate of drug-likeness (QED) is 0.936. The van der Waals surface area contributed by atoms with Crippen molar-refractivity contribution in [1.82, 2.24) is 4.98 Å². The molecule has 2 rings (SSSR count). The maximum Gasteiger partial charge on any atom is 0.219 e. The van der Waals surface area contributed by atoms with E-state index in [0.717, 1.165) is 4.47 Å². The largest absolute Gasteiger partial charge is 0.436 e. The highest BCUT2D eigenvalue weighted by atomic mass is 79.9.